The number of amides is 1. The molecule has 2 N–H and O–H groups in total. The maximum Gasteiger partial charge on any atom is 0.267 e. The average molecular weight is 523 g/mol. The summed E-state index contributed by atoms with van der Waals surface area (Å²) in [7, 11) is 0. The highest BCUT2D eigenvalue weighted by Crippen LogP contribution is 2.44. The lowest BCUT2D eigenvalue weighted by molar-refractivity contribution is -0.115. The van der Waals surface area contributed by atoms with E-state index in [-0.39, 0.29) is 18.1 Å². The number of aliphatic hydroxyl groups is 1. The minimum atomic E-state index is -0.775. The first-order chi connectivity index (χ1) is 18.5. The van der Waals surface area contributed by atoms with Gasteiger partial charge >= 0.3 is 0 Å². The number of carbonyl (C=O) groups is 1. The molecule has 7 nitrogen and oxygen atoms in total. The molecule has 1 saturated carbocycles. The van der Waals surface area contributed by atoms with Crippen LogP contribution in [0.3, 0.4) is 0 Å². The number of hydrogen-bond donors (Lipinski definition) is 2. The second kappa shape index (κ2) is 11.3. The Balaban J connectivity index is 1.18. The van der Waals surface area contributed by atoms with E-state index in [1.54, 1.807) is 0 Å². The second-order valence-electron chi connectivity index (χ2n) is 12.8. The van der Waals surface area contributed by atoms with Crippen molar-refractivity contribution in [3.8, 4) is 0 Å². The van der Waals surface area contributed by atoms with Crippen molar-refractivity contribution in [3.63, 3.8) is 0 Å². The highest BCUT2D eigenvalue weighted by Gasteiger charge is 2.47. The van der Waals surface area contributed by atoms with Gasteiger partial charge in [-0.1, -0.05) is 58.1 Å². The van der Waals surface area contributed by atoms with Gasteiger partial charge in [-0.25, -0.2) is 4.99 Å². The first-order valence-corrected chi connectivity index (χ1v) is 15.3. The van der Waals surface area contributed by atoms with Crippen LogP contribution in [0.15, 0.2) is 29.3 Å². The largest absolute Gasteiger partial charge is 0.366 e. The van der Waals surface area contributed by atoms with Gasteiger partial charge in [0, 0.05) is 24.2 Å². The van der Waals surface area contributed by atoms with Crippen LogP contribution >= 0.6 is 0 Å². The second-order valence-corrected chi connectivity index (χ2v) is 12.8. The van der Waals surface area contributed by atoms with Crippen LogP contribution < -0.4 is 10.2 Å². The zero-order valence-corrected chi connectivity index (χ0v) is 23.2. The van der Waals surface area contributed by atoms with Gasteiger partial charge in [0.25, 0.3) is 5.91 Å². The highest BCUT2D eigenvalue weighted by molar-refractivity contribution is 6.41. The summed E-state index contributed by atoms with van der Waals surface area (Å²) >= 11 is 0. The molecule has 1 aliphatic carbocycles. The van der Waals surface area contributed by atoms with Crippen molar-refractivity contribution in [2.45, 2.75) is 134 Å². The maximum absolute atomic E-state index is 13.5. The standard InChI is InChI=1S/C31H46N4O3/c1-20(2)16-26(29-31(37)38-29)33-30(36)27-19-34(28-13-9-8-12-25(28)32-27)24-17-22-14-15-23(18-24)35(22)21-10-6-4-3-5-7-11-21/h8-9,12-13,20-24,26,29,31,37H,3-7,10-11,14-19H2,1-2H3,(H,33,36)/t22-,23+,24+,26?,29?,31?. The van der Waals surface area contributed by atoms with E-state index in [0.29, 0.717) is 36.3 Å². The number of aliphatic hydroxyl groups excluding tert-OH is 1. The molecular weight excluding hydrogens is 476 g/mol. The van der Waals surface area contributed by atoms with Crippen LogP contribution in [0.4, 0.5) is 11.4 Å². The van der Waals surface area contributed by atoms with E-state index in [0.717, 1.165) is 23.8 Å². The Morgan fingerprint density at radius 3 is 2.32 bits per heavy atom. The summed E-state index contributed by atoms with van der Waals surface area (Å²) in [4.78, 5) is 23.8. The maximum atomic E-state index is 13.5. The van der Waals surface area contributed by atoms with Crippen molar-refractivity contribution in [1.29, 1.82) is 0 Å². The summed E-state index contributed by atoms with van der Waals surface area (Å²) in [6.07, 6.45) is 14.4. The number of benzene rings is 1. The van der Waals surface area contributed by atoms with Gasteiger partial charge in [0.2, 0.25) is 0 Å². The van der Waals surface area contributed by atoms with E-state index in [1.807, 2.05) is 12.1 Å². The van der Waals surface area contributed by atoms with E-state index in [1.165, 1.54) is 70.6 Å². The number of hydrogen-bond acceptors (Lipinski definition) is 6. The molecule has 6 rings (SSSR count). The van der Waals surface area contributed by atoms with E-state index in [4.69, 9.17) is 9.73 Å². The molecule has 208 valence electrons. The Hall–Kier alpha value is -1.96. The number of carbonyl (C=O) groups excluding carboxylic acids is 1. The SMILES string of the molecule is CC(C)CC(NC(=O)C1=Nc2ccccc2N([C@H]2C[C@H]3CC[C@@H](C2)N3C2CCCCCCC2)C1)C1OC1O. The number of piperidine rings is 1. The number of fused-ring (bicyclic) bond motifs is 3. The lowest BCUT2D eigenvalue weighted by Gasteiger charge is -2.48. The Bertz CT molecular complexity index is 1010. The topological polar surface area (TPSA) is 80.7 Å². The molecule has 6 atom stereocenters. The van der Waals surface area contributed by atoms with Gasteiger partial charge in [-0.2, -0.15) is 0 Å². The molecule has 1 aromatic carbocycles. The smallest absolute Gasteiger partial charge is 0.267 e. The number of para-hydroxylation sites is 2. The number of nitrogens with zero attached hydrogens (tertiary/aromatic N) is 3. The molecule has 1 aromatic rings. The Morgan fingerprint density at radius 2 is 1.66 bits per heavy atom. The molecule has 1 amide bonds. The van der Waals surface area contributed by atoms with Gasteiger partial charge in [-0.3, -0.25) is 9.69 Å². The molecule has 38 heavy (non-hydrogen) atoms. The fourth-order valence-corrected chi connectivity index (χ4v) is 7.89. The predicted molar refractivity (Wildman–Crippen MR) is 151 cm³/mol. The van der Waals surface area contributed by atoms with Gasteiger partial charge in [0.05, 0.1) is 24.0 Å². The van der Waals surface area contributed by atoms with Gasteiger partial charge < -0.3 is 20.1 Å². The molecule has 4 fully saturated rings. The van der Waals surface area contributed by atoms with Crippen molar-refractivity contribution in [3.05, 3.63) is 24.3 Å². The Labute approximate surface area is 228 Å². The Morgan fingerprint density at radius 1 is 1.00 bits per heavy atom. The third-order valence-corrected chi connectivity index (χ3v) is 9.67. The number of aliphatic imine (C=N–C) groups is 1. The van der Waals surface area contributed by atoms with Crippen molar-refractivity contribution in [2.75, 3.05) is 11.4 Å². The van der Waals surface area contributed by atoms with Crippen LogP contribution in [0.1, 0.15) is 90.9 Å². The number of nitrogens with one attached hydrogen (secondary N) is 1. The summed E-state index contributed by atoms with van der Waals surface area (Å²) < 4.78 is 5.33. The number of ether oxygens (including phenoxy) is 1. The quantitative estimate of drug-likeness (QED) is 0.496. The first-order valence-electron chi connectivity index (χ1n) is 15.3. The summed E-state index contributed by atoms with van der Waals surface area (Å²) in [6.45, 7) is 4.79. The molecule has 0 radical (unpaired) electrons. The number of epoxide rings is 1. The van der Waals surface area contributed by atoms with Gasteiger partial charge in [0.1, 0.15) is 11.8 Å². The molecule has 0 spiro atoms. The third kappa shape index (κ3) is 5.52. The van der Waals surface area contributed by atoms with E-state index in [2.05, 4.69) is 41.1 Å². The van der Waals surface area contributed by atoms with Crippen LogP contribution in [0.25, 0.3) is 0 Å². The molecule has 3 saturated heterocycles. The molecule has 2 bridgehead atoms. The monoisotopic (exact) mass is 522 g/mol. The first kappa shape index (κ1) is 26.3. The van der Waals surface area contributed by atoms with Crippen LogP contribution in [-0.4, -0.2) is 70.8 Å². The summed E-state index contributed by atoms with van der Waals surface area (Å²) in [5.41, 5.74) is 2.62. The van der Waals surface area contributed by atoms with Crippen LogP contribution in [-0.2, 0) is 9.53 Å². The van der Waals surface area contributed by atoms with Crippen molar-refractivity contribution < 1.29 is 14.6 Å². The molecule has 0 aromatic heterocycles. The minimum absolute atomic E-state index is 0.132. The van der Waals surface area contributed by atoms with Gasteiger partial charge in [-0.15, -0.1) is 0 Å². The molecule has 4 heterocycles. The normalized spacial score (nSPS) is 32.8. The van der Waals surface area contributed by atoms with Crippen molar-refractivity contribution in [1.82, 2.24) is 10.2 Å². The summed E-state index contributed by atoms with van der Waals surface area (Å²) in [6, 6.07) is 10.6. The van der Waals surface area contributed by atoms with Gasteiger partial charge in [0.15, 0.2) is 6.29 Å². The number of rotatable bonds is 7. The predicted octanol–water partition coefficient (Wildman–Crippen LogP) is 4.94. The summed E-state index contributed by atoms with van der Waals surface area (Å²) in [5.74, 6) is 0.258. The fourth-order valence-electron chi connectivity index (χ4n) is 7.89. The molecule has 7 heteroatoms. The van der Waals surface area contributed by atoms with Crippen LogP contribution in [0.5, 0.6) is 0 Å². The molecule has 3 unspecified atom stereocenters. The van der Waals surface area contributed by atoms with Crippen molar-refractivity contribution in [2.24, 2.45) is 10.9 Å². The van der Waals surface area contributed by atoms with Gasteiger partial charge in [-0.05, 0) is 63.0 Å². The zero-order chi connectivity index (χ0) is 26.2. The fraction of sp³-hybridized carbons (Fsp3) is 0.742. The van der Waals surface area contributed by atoms with E-state index in [9.17, 15) is 9.90 Å². The highest BCUT2D eigenvalue weighted by atomic mass is 16.7. The van der Waals surface area contributed by atoms with E-state index >= 15 is 0 Å². The number of anilines is 1. The average Bonchev–Trinajstić information content (AvgIpc) is 3.56. The Kier molecular flexibility index (Phi) is 7.79. The van der Waals surface area contributed by atoms with Crippen LogP contribution in [0, 0.1) is 5.92 Å². The van der Waals surface area contributed by atoms with Crippen LogP contribution in [0.2, 0.25) is 0 Å². The summed E-state index contributed by atoms with van der Waals surface area (Å²) in [5, 5.41) is 13.0. The lowest BCUT2D eigenvalue weighted by Crippen LogP contribution is -2.56. The minimum Gasteiger partial charge on any atom is -0.366 e. The third-order valence-electron chi connectivity index (χ3n) is 9.67. The van der Waals surface area contributed by atoms with E-state index < -0.39 is 6.29 Å². The zero-order valence-electron chi connectivity index (χ0n) is 23.2. The molecular formula is C31H46N4O3. The molecule has 4 aliphatic heterocycles. The van der Waals surface area contributed by atoms with Crippen molar-refractivity contribution >= 4 is 23.0 Å². The molecule has 5 aliphatic rings. The lowest BCUT2D eigenvalue weighted by atomic mass is 9.89.